The number of rotatable bonds is 6. The fraction of sp³-hybridized carbons (Fsp3) is 0.588. The summed E-state index contributed by atoms with van der Waals surface area (Å²) in [7, 11) is 1.89. The summed E-state index contributed by atoms with van der Waals surface area (Å²) < 4.78 is 32.3. The molecule has 128 valence electrons. The van der Waals surface area contributed by atoms with Crippen LogP contribution in [0.25, 0.3) is 0 Å². The monoisotopic (exact) mass is 326 g/mol. The third-order valence-electron chi connectivity index (χ3n) is 4.09. The van der Waals surface area contributed by atoms with E-state index in [1.54, 1.807) is 4.90 Å². The highest BCUT2D eigenvalue weighted by Gasteiger charge is 2.34. The van der Waals surface area contributed by atoms with Crippen LogP contribution in [0.3, 0.4) is 0 Å². The minimum atomic E-state index is -0.794. The number of nitrogens with one attached hydrogen (secondary N) is 1. The number of hydrogen-bond donors (Lipinski definition) is 1. The fourth-order valence-electron chi connectivity index (χ4n) is 2.85. The number of carbonyl (C=O) groups is 1. The molecule has 1 heterocycles. The van der Waals surface area contributed by atoms with Crippen molar-refractivity contribution in [1.82, 2.24) is 10.2 Å². The summed E-state index contributed by atoms with van der Waals surface area (Å²) in [5.41, 5.74) is 0. The van der Waals surface area contributed by atoms with Crippen molar-refractivity contribution in [2.24, 2.45) is 11.8 Å². The fourth-order valence-corrected chi connectivity index (χ4v) is 2.85. The molecular weight excluding hydrogens is 302 g/mol. The van der Waals surface area contributed by atoms with Crippen molar-refractivity contribution in [3.8, 4) is 5.75 Å². The molecule has 0 saturated carbocycles. The molecule has 0 aromatic heterocycles. The van der Waals surface area contributed by atoms with Crippen LogP contribution in [0.15, 0.2) is 18.2 Å². The van der Waals surface area contributed by atoms with Gasteiger partial charge in [0, 0.05) is 19.2 Å². The smallest absolute Gasteiger partial charge is 0.263 e. The highest BCUT2D eigenvalue weighted by atomic mass is 19.1. The molecule has 0 radical (unpaired) electrons. The zero-order valence-electron chi connectivity index (χ0n) is 13.8. The van der Waals surface area contributed by atoms with Gasteiger partial charge in [-0.3, -0.25) is 4.79 Å². The number of ether oxygens (including phenoxy) is 1. The van der Waals surface area contributed by atoms with Crippen LogP contribution in [0, 0.1) is 23.5 Å². The number of amides is 1. The van der Waals surface area contributed by atoms with Crippen LogP contribution in [0.5, 0.6) is 5.75 Å². The first kappa shape index (κ1) is 17.7. The molecule has 6 heteroatoms. The van der Waals surface area contributed by atoms with Crippen LogP contribution < -0.4 is 10.1 Å². The Labute approximate surface area is 135 Å². The first-order valence-corrected chi connectivity index (χ1v) is 7.97. The van der Waals surface area contributed by atoms with Crippen molar-refractivity contribution in [2.45, 2.75) is 26.4 Å². The highest BCUT2D eigenvalue weighted by Crippen LogP contribution is 2.24. The predicted molar refractivity (Wildman–Crippen MR) is 84.2 cm³/mol. The van der Waals surface area contributed by atoms with E-state index in [1.165, 1.54) is 6.07 Å². The van der Waals surface area contributed by atoms with Gasteiger partial charge >= 0.3 is 0 Å². The van der Waals surface area contributed by atoms with E-state index in [4.69, 9.17) is 4.74 Å². The van der Waals surface area contributed by atoms with Gasteiger partial charge in [0.05, 0.1) is 0 Å². The molecule has 1 saturated heterocycles. The molecule has 1 aromatic carbocycles. The second kappa shape index (κ2) is 7.73. The van der Waals surface area contributed by atoms with Gasteiger partial charge in [-0.25, -0.2) is 8.78 Å². The molecule has 0 aliphatic carbocycles. The topological polar surface area (TPSA) is 41.6 Å². The summed E-state index contributed by atoms with van der Waals surface area (Å²) in [6, 6.07) is 3.11. The van der Waals surface area contributed by atoms with Gasteiger partial charge in [-0.2, -0.15) is 0 Å². The molecule has 2 atom stereocenters. The Morgan fingerprint density at radius 1 is 1.43 bits per heavy atom. The summed E-state index contributed by atoms with van der Waals surface area (Å²) in [6.07, 6.45) is 0.172. The minimum absolute atomic E-state index is 0.0931. The normalized spacial score (nSPS) is 19.2. The van der Waals surface area contributed by atoms with Crippen molar-refractivity contribution >= 4 is 5.91 Å². The molecule has 23 heavy (non-hydrogen) atoms. The number of hydrogen-bond acceptors (Lipinski definition) is 3. The lowest BCUT2D eigenvalue weighted by Gasteiger charge is -2.27. The standard InChI is InChI=1S/C17H24F2N2O2/c1-11(2)16(23-15-5-4-13(18)8-14(15)19)17(22)21-7-6-12(10-21)9-20-3/h4-5,8,11-12,16,20H,6-7,9-10H2,1-3H3/t12-,16+/m0/s1. The SMILES string of the molecule is CNC[C@@H]1CCN(C(=O)[C@H](Oc2ccc(F)cc2F)C(C)C)C1. The van der Waals surface area contributed by atoms with Gasteiger partial charge in [0.25, 0.3) is 5.91 Å². The van der Waals surface area contributed by atoms with Crippen molar-refractivity contribution in [1.29, 1.82) is 0 Å². The van der Waals surface area contributed by atoms with Crippen LogP contribution in [0.4, 0.5) is 8.78 Å². The number of likely N-dealkylation sites (tertiary alicyclic amines) is 1. The highest BCUT2D eigenvalue weighted by molar-refractivity contribution is 5.81. The van der Waals surface area contributed by atoms with Crippen molar-refractivity contribution < 1.29 is 18.3 Å². The number of carbonyl (C=O) groups excluding carboxylic acids is 1. The summed E-state index contributed by atoms with van der Waals surface area (Å²) in [4.78, 5) is 14.5. The maximum absolute atomic E-state index is 13.8. The van der Waals surface area contributed by atoms with Gasteiger partial charge in [-0.05, 0) is 44.0 Å². The molecule has 1 aliphatic rings. The lowest BCUT2D eigenvalue weighted by atomic mass is 10.1. The minimum Gasteiger partial charge on any atom is -0.477 e. The molecule has 1 amide bonds. The largest absolute Gasteiger partial charge is 0.477 e. The Morgan fingerprint density at radius 2 is 2.17 bits per heavy atom. The van der Waals surface area contributed by atoms with Crippen molar-refractivity contribution in [3.05, 3.63) is 29.8 Å². The van der Waals surface area contributed by atoms with E-state index < -0.39 is 17.7 Å². The van der Waals surface area contributed by atoms with E-state index in [9.17, 15) is 13.6 Å². The van der Waals surface area contributed by atoms with E-state index in [0.717, 1.165) is 25.1 Å². The van der Waals surface area contributed by atoms with E-state index in [-0.39, 0.29) is 17.6 Å². The van der Waals surface area contributed by atoms with E-state index in [2.05, 4.69) is 5.32 Å². The predicted octanol–water partition coefficient (Wildman–Crippen LogP) is 2.44. The molecule has 0 bridgehead atoms. The Balaban J connectivity index is 2.07. The summed E-state index contributed by atoms with van der Waals surface area (Å²) in [5, 5.41) is 3.12. The van der Waals surface area contributed by atoms with Crippen molar-refractivity contribution in [2.75, 3.05) is 26.7 Å². The van der Waals surface area contributed by atoms with E-state index in [1.807, 2.05) is 20.9 Å². The number of halogens is 2. The lowest BCUT2D eigenvalue weighted by Crippen LogP contribution is -2.44. The van der Waals surface area contributed by atoms with Crippen LogP contribution in [-0.2, 0) is 4.79 Å². The summed E-state index contributed by atoms with van der Waals surface area (Å²) >= 11 is 0. The second-order valence-electron chi connectivity index (χ2n) is 6.35. The molecule has 2 rings (SSSR count). The van der Waals surface area contributed by atoms with Gasteiger partial charge < -0.3 is 15.0 Å². The Bertz CT molecular complexity index is 551. The first-order chi connectivity index (χ1) is 10.9. The van der Waals surface area contributed by atoms with Crippen LogP contribution >= 0.6 is 0 Å². The Hall–Kier alpha value is -1.69. The Kier molecular flexibility index (Phi) is 5.93. The van der Waals surface area contributed by atoms with E-state index in [0.29, 0.717) is 19.0 Å². The van der Waals surface area contributed by atoms with Gasteiger partial charge in [-0.1, -0.05) is 13.8 Å². The van der Waals surface area contributed by atoms with Gasteiger partial charge in [-0.15, -0.1) is 0 Å². The molecule has 4 nitrogen and oxygen atoms in total. The average Bonchev–Trinajstić information content (AvgIpc) is 2.94. The van der Waals surface area contributed by atoms with Gasteiger partial charge in [0.15, 0.2) is 17.7 Å². The summed E-state index contributed by atoms with van der Waals surface area (Å²) in [6.45, 7) is 5.93. The third-order valence-corrected chi connectivity index (χ3v) is 4.09. The maximum Gasteiger partial charge on any atom is 0.263 e. The molecular formula is C17H24F2N2O2. The lowest BCUT2D eigenvalue weighted by molar-refractivity contribution is -0.139. The second-order valence-corrected chi connectivity index (χ2v) is 6.35. The van der Waals surface area contributed by atoms with Gasteiger partial charge in [0.2, 0.25) is 0 Å². The van der Waals surface area contributed by atoms with Crippen LogP contribution in [0.1, 0.15) is 20.3 Å². The van der Waals surface area contributed by atoms with E-state index >= 15 is 0 Å². The molecule has 1 fully saturated rings. The van der Waals surface area contributed by atoms with Gasteiger partial charge in [0.1, 0.15) is 5.82 Å². The molecule has 0 spiro atoms. The maximum atomic E-state index is 13.8. The molecule has 1 N–H and O–H groups in total. The van der Waals surface area contributed by atoms with Crippen molar-refractivity contribution in [3.63, 3.8) is 0 Å². The third kappa shape index (κ3) is 4.41. The average molecular weight is 326 g/mol. The Morgan fingerprint density at radius 3 is 2.78 bits per heavy atom. The quantitative estimate of drug-likeness (QED) is 0.873. The summed E-state index contributed by atoms with van der Waals surface area (Å²) in [5.74, 6) is -1.38. The number of benzene rings is 1. The zero-order chi connectivity index (χ0) is 17.0. The zero-order valence-corrected chi connectivity index (χ0v) is 13.8. The first-order valence-electron chi connectivity index (χ1n) is 7.97. The van der Waals surface area contributed by atoms with Crippen LogP contribution in [0.2, 0.25) is 0 Å². The molecule has 0 unspecified atom stereocenters. The molecule has 1 aromatic rings. The molecule has 1 aliphatic heterocycles. The van der Waals surface area contributed by atoms with Crippen LogP contribution in [-0.4, -0.2) is 43.6 Å². The number of nitrogens with zero attached hydrogens (tertiary/aromatic N) is 1.